The molecule has 0 bridgehead atoms. The molecule has 130 valence electrons. The van der Waals surface area contributed by atoms with Crippen molar-refractivity contribution in [2.45, 2.75) is 52.2 Å². The lowest BCUT2D eigenvalue weighted by molar-refractivity contribution is -0.907. The van der Waals surface area contributed by atoms with Gasteiger partial charge in [0.25, 0.3) is 5.91 Å². The SMILES string of the molecule is C[C@H]1CCc2c(sc(NC(=O)C[NH+]3C[C@@H](C)O[C@H](C)C3)c2C#N)C1. The van der Waals surface area contributed by atoms with E-state index >= 15 is 0 Å². The molecule has 1 aliphatic carbocycles. The number of anilines is 1. The van der Waals surface area contributed by atoms with Crippen LogP contribution in [0.3, 0.4) is 0 Å². The average Bonchev–Trinajstić information content (AvgIpc) is 2.81. The van der Waals surface area contributed by atoms with Gasteiger partial charge in [0, 0.05) is 4.88 Å². The van der Waals surface area contributed by atoms with E-state index in [2.05, 4.69) is 32.2 Å². The molecule has 1 fully saturated rings. The van der Waals surface area contributed by atoms with Crippen molar-refractivity contribution in [1.82, 2.24) is 0 Å². The summed E-state index contributed by atoms with van der Waals surface area (Å²) in [5, 5.41) is 13.3. The summed E-state index contributed by atoms with van der Waals surface area (Å²) >= 11 is 1.59. The Kier molecular flexibility index (Phi) is 5.24. The summed E-state index contributed by atoms with van der Waals surface area (Å²) in [5.41, 5.74) is 1.85. The Hall–Kier alpha value is -1.42. The van der Waals surface area contributed by atoms with Crippen LogP contribution < -0.4 is 10.2 Å². The number of ether oxygens (including phenoxy) is 1. The molecule has 1 saturated heterocycles. The molecule has 3 rings (SSSR count). The monoisotopic (exact) mass is 348 g/mol. The van der Waals surface area contributed by atoms with Gasteiger partial charge in [-0.05, 0) is 44.6 Å². The van der Waals surface area contributed by atoms with Gasteiger partial charge in [-0.1, -0.05) is 6.92 Å². The van der Waals surface area contributed by atoms with Crippen LogP contribution in [0.5, 0.6) is 0 Å². The second-order valence-electron chi connectivity index (χ2n) is 7.31. The lowest BCUT2D eigenvalue weighted by Crippen LogP contribution is -3.16. The third-order valence-corrected chi connectivity index (χ3v) is 6.07. The number of nitrogens with zero attached hydrogens (tertiary/aromatic N) is 1. The van der Waals surface area contributed by atoms with Crippen LogP contribution in [-0.2, 0) is 22.4 Å². The number of thiophene rings is 1. The standard InChI is InChI=1S/C18H25N3O2S/c1-11-4-5-14-15(7-19)18(24-16(14)6-11)20-17(22)10-21-8-12(2)23-13(3)9-21/h11-13H,4-6,8-10H2,1-3H3,(H,20,22)/p+1/t11-,12+,13+/m0/s1. The van der Waals surface area contributed by atoms with Gasteiger partial charge in [-0.3, -0.25) is 4.79 Å². The van der Waals surface area contributed by atoms with Crippen LogP contribution in [0.25, 0.3) is 0 Å². The molecule has 5 nitrogen and oxygen atoms in total. The molecule has 2 N–H and O–H groups in total. The smallest absolute Gasteiger partial charge is 0.280 e. The molecular formula is C18H26N3O2S+. The fraction of sp³-hybridized carbons (Fsp3) is 0.667. The van der Waals surface area contributed by atoms with Crippen LogP contribution >= 0.6 is 11.3 Å². The van der Waals surface area contributed by atoms with E-state index in [1.165, 1.54) is 9.78 Å². The Morgan fingerprint density at radius 1 is 1.38 bits per heavy atom. The summed E-state index contributed by atoms with van der Waals surface area (Å²) in [6.07, 6.45) is 3.46. The Morgan fingerprint density at radius 2 is 2.08 bits per heavy atom. The number of morpholine rings is 1. The minimum Gasteiger partial charge on any atom is -0.364 e. The van der Waals surface area contributed by atoms with Crippen LogP contribution in [-0.4, -0.2) is 37.7 Å². The van der Waals surface area contributed by atoms with Gasteiger partial charge < -0.3 is 15.0 Å². The first-order valence-electron chi connectivity index (χ1n) is 8.79. The van der Waals surface area contributed by atoms with Crippen molar-refractivity contribution in [1.29, 1.82) is 5.26 Å². The molecule has 1 aromatic rings. The van der Waals surface area contributed by atoms with Gasteiger partial charge in [0.15, 0.2) is 6.54 Å². The highest BCUT2D eigenvalue weighted by Crippen LogP contribution is 2.39. The molecule has 0 unspecified atom stereocenters. The first kappa shape index (κ1) is 17.4. The highest BCUT2D eigenvalue weighted by Gasteiger charge is 2.29. The normalized spacial score (nSPS) is 29.6. The summed E-state index contributed by atoms with van der Waals surface area (Å²) in [5.74, 6) is 0.654. The van der Waals surface area contributed by atoms with E-state index in [1.54, 1.807) is 11.3 Å². The molecule has 3 atom stereocenters. The van der Waals surface area contributed by atoms with E-state index in [0.29, 0.717) is 18.0 Å². The Morgan fingerprint density at radius 3 is 2.75 bits per heavy atom. The molecule has 0 saturated carbocycles. The number of rotatable bonds is 3. The molecule has 6 heteroatoms. The van der Waals surface area contributed by atoms with Gasteiger partial charge in [-0.2, -0.15) is 5.26 Å². The maximum absolute atomic E-state index is 12.5. The fourth-order valence-electron chi connectivity index (χ4n) is 3.89. The van der Waals surface area contributed by atoms with Crippen molar-refractivity contribution in [3.8, 4) is 6.07 Å². The van der Waals surface area contributed by atoms with Crippen LogP contribution in [0.1, 0.15) is 43.2 Å². The number of fused-ring (bicyclic) bond motifs is 1. The predicted octanol–water partition coefficient (Wildman–Crippen LogP) is 1.38. The second kappa shape index (κ2) is 7.22. The lowest BCUT2D eigenvalue weighted by Gasteiger charge is -2.31. The highest BCUT2D eigenvalue weighted by molar-refractivity contribution is 7.16. The van der Waals surface area contributed by atoms with Crippen molar-refractivity contribution >= 4 is 22.2 Å². The first-order valence-corrected chi connectivity index (χ1v) is 9.61. The highest BCUT2D eigenvalue weighted by atomic mass is 32.1. The summed E-state index contributed by atoms with van der Waals surface area (Å²) in [6, 6.07) is 2.31. The van der Waals surface area contributed by atoms with Crippen molar-refractivity contribution in [3.63, 3.8) is 0 Å². The molecule has 0 spiro atoms. The minimum atomic E-state index is -0.00514. The van der Waals surface area contributed by atoms with E-state index in [1.807, 2.05) is 0 Å². The number of quaternary nitrogens is 1. The van der Waals surface area contributed by atoms with E-state index < -0.39 is 0 Å². The van der Waals surface area contributed by atoms with E-state index in [-0.39, 0.29) is 18.1 Å². The lowest BCUT2D eigenvalue weighted by atomic mass is 9.89. The maximum Gasteiger partial charge on any atom is 0.280 e. The van der Waals surface area contributed by atoms with Gasteiger partial charge in [-0.15, -0.1) is 11.3 Å². The first-order chi connectivity index (χ1) is 11.5. The Bertz CT molecular complexity index is 654. The van der Waals surface area contributed by atoms with Crippen LogP contribution in [0.2, 0.25) is 0 Å². The molecular weight excluding hydrogens is 322 g/mol. The zero-order valence-electron chi connectivity index (χ0n) is 14.6. The van der Waals surface area contributed by atoms with Crippen LogP contribution in [0.15, 0.2) is 0 Å². The van der Waals surface area contributed by atoms with Gasteiger partial charge in [0.2, 0.25) is 0 Å². The van der Waals surface area contributed by atoms with Gasteiger partial charge >= 0.3 is 0 Å². The summed E-state index contributed by atoms with van der Waals surface area (Å²) in [6.45, 7) is 8.48. The van der Waals surface area contributed by atoms with Crippen molar-refractivity contribution in [3.05, 3.63) is 16.0 Å². The molecule has 1 amide bonds. The molecule has 0 radical (unpaired) electrons. The maximum atomic E-state index is 12.5. The van der Waals surface area contributed by atoms with E-state index in [9.17, 15) is 10.1 Å². The summed E-state index contributed by atoms with van der Waals surface area (Å²) in [4.78, 5) is 15.0. The number of amides is 1. The minimum absolute atomic E-state index is 0.00514. The van der Waals surface area contributed by atoms with Gasteiger partial charge in [0.1, 0.15) is 36.4 Å². The Labute approximate surface area is 147 Å². The zero-order chi connectivity index (χ0) is 17.3. The fourth-order valence-corrected chi connectivity index (χ4v) is 5.27. The van der Waals surface area contributed by atoms with Crippen LogP contribution in [0.4, 0.5) is 5.00 Å². The van der Waals surface area contributed by atoms with Crippen molar-refractivity contribution in [2.24, 2.45) is 5.92 Å². The number of hydrogen-bond donors (Lipinski definition) is 2. The molecule has 24 heavy (non-hydrogen) atoms. The average molecular weight is 348 g/mol. The predicted molar refractivity (Wildman–Crippen MR) is 94.4 cm³/mol. The number of nitriles is 1. The van der Waals surface area contributed by atoms with Crippen molar-refractivity contribution < 1.29 is 14.4 Å². The summed E-state index contributed by atoms with van der Waals surface area (Å²) < 4.78 is 5.72. The van der Waals surface area contributed by atoms with Crippen LogP contribution in [0, 0.1) is 17.2 Å². The number of carbonyl (C=O) groups is 1. The molecule has 2 aliphatic rings. The van der Waals surface area contributed by atoms with Gasteiger partial charge in [0.05, 0.1) is 5.56 Å². The quantitative estimate of drug-likeness (QED) is 0.867. The molecule has 1 aliphatic heterocycles. The topological polar surface area (TPSA) is 66.6 Å². The number of carbonyl (C=O) groups excluding carboxylic acids is 1. The molecule has 2 heterocycles. The molecule has 1 aromatic heterocycles. The van der Waals surface area contributed by atoms with Crippen molar-refractivity contribution in [2.75, 3.05) is 25.0 Å². The zero-order valence-corrected chi connectivity index (χ0v) is 15.5. The number of nitrogens with one attached hydrogen (secondary N) is 2. The summed E-state index contributed by atoms with van der Waals surface area (Å²) in [7, 11) is 0. The second-order valence-corrected chi connectivity index (χ2v) is 8.41. The number of hydrogen-bond acceptors (Lipinski definition) is 4. The molecule has 0 aromatic carbocycles. The third kappa shape index (κ3) is 3.80. The van der Waals surface area contributed by atoms with Gasteiger partial charge in [-0.25, -0.2) is 0 Å². The third-order valence-electron chi connectivity index (χ3n) is 4.90. The largest absolute Gasteiger partial charge is 0.364 e. The Balaban J connectivity index is 1.67. The van der Waals surface area contributed by atoms with E-state index in [0.717, 1.165) is 42.9 Å². The van der Waals surface area contributed by atoms with E-state index in [4.69, 9.17) is 4.74 Å².